The van der Waals surface area contributed by atoms with Gasteiger partial charge < -0.3 is 44.3 Å². The topological polar surface area (TPSA) is 233 Å². The lowest BCUT2D eigenvalue weighted by atomic mass is 10.1. The van der Waals surface area contributed by atoms with Gasteiger partial charge in [-0.2, -0.15) is 10.2 Å². The van der Waals surface area contributed by atoms with Crippen LogP contribution in [-0.2, 0) is 40.4 Å². The molecule has 6 aromatic heterocycles. The predicted molar refractivity (Wildman–Crippen MR) is 258 cm³/mol. The molecular formula is C49H57N13O7. The second kappa shape index (κ2) is 18.1. The van der Waals surface area contributed by atoms with E-state index in [1.807, 2.05) is 67.6 Å². The van der Waals surface area contributed by atoms with Crippen molar-refractivity contribution in [2.24, 2.45) is 11.5 Å². The normalized spacial score (nSPS) is 17.5. The number of hydrogen-bond acceptors (Lipinski definition) is 14. The largest absolute Gasteiger partial charge is 0.495 e. The third kappa shape index (κ3) is 8.51. The maximum Gasteiger partial charge on any atom is 0.248 e. The van der Waals surface area contributed by atoms with Gasteiger partial charge in [-0.25, -0.2) is 19.9 Å². The number of carbonyl (C=O) groups excluding carboxylic acids is 2. The van der Waals surface area contributed by atoms with Gasteiger partial charge in [0.1, 0.15) is 46.4 Å². The molecule has 2 atom stereocenters. The maximum atomic E-state index is 13.0. The van der Waals surface area contributed by atoms with Crippen LogP contribution in [0.4, 0.5) is 0 Å². The molecule has 0 aliphatic carbocycles. The van der Waals surface area contributed by atoms with Crippen molar-refractivity contribution in [3.05, 3.63) is 71.3 Å². The SMILES string of the molecule is CCn1nc(C)cc1-c1ncc2c3cc(C(N)=O)cc(OC)c3n(CC3OC(C)(C)OC3Cn3c4nc(-c5cc(C)nn5CC)ncc4c4cc(C(N)=O)cc(OCCCN5CCOCC5)c43)c2n1. The Labute approximate surface area is 397 Å². The second-order valence-electron chi connectivity index (χ2n) is 18.1. The Bertz CT molecular complexity index is 3290. The summed E-state index contributed by atoms with van der Waals surface area (Å²) in [4.78, 5) is 48.2. The van der Waals surface area contributed by atoms with Crippen molar-refractivity contribution >= 4 is 55.7 Å². The van der Waals surface area contributed by atoms with E-state index in [0.29, 0.717) is 105 Å². The van der Waals surface area contributed by atoms with Crippen LogP contribution in [0, 0.1) is 13.8 Å². The summed E-state index contributed by atoms with van der Waals surface area (Å²) in [5, 5.41) is 12.1. The fourth-order valence-electron chi connectivity index (χ4n) is 9.89. The average Bonchev–Trinajstić information content (AvgIpc) is 4.14. The fraction of sp³-hybridized carbons (Fsp3) is 0.429. The van der Waals surface area contributed by atoms with Gasteiger partial charge in [-0.05, 0) is 84.4 Å². The molecule has 8 aromatic rings. The first-order chi connectivity index (χ1) is 33.2. The number of rotatable bonds is 16. The molecule has 20 nitrogen and oxygen atoms in total. The Hall–Kier alpha value is -7.00. The standard InChI is InChI=1S/C49H57N13O7/c1-8-61-35(17-27(3)56-61)45-52-23-33-31-19-29(43(50)63)21-37(65-7)41(31)59(47(33)54-45)25-39-40(69-49(5,6)68-39)26-60-42-32(34-24-53-46(55-48(34)60)36-18-28(4)57-62(36)9-2)20-30(44(51)64)22-38(42)67-14-10-11-58-12-15-66-16-13-58/h17-24,39-40H,8-16,25-26H2,1-7H3,(H2,50,63)(H2,51,64). The molecule has 2 saturated heterocycles. The van der Waals surface area contributed by atoms with E-state index < -0.39 is 29.8 Å². The minimum atomic E-state index is -1.02. The number of nitrogens with two attached hydrogens (primary N) is 2. The van der Waals surface area contributed by atoms with E-state index in [0.717, 1.165) is 48.8 Å². The minimum Gasteiger partial charge on any atom is -0.495 e. The van der Waals surface area contributed by atoms with Gasteiger partial charge in [0, 0.05) is 77.8 Å². The first-order valence-corrected chi connectivity index (χ1v) is 23.4. The number of morpholine rings is 1. The summed E-state index contributed by atoms with van der Waals surface area (Å²) < 4.78 is 39.8. The predicted octanol–water partition coefficient (Wildman–Crippen LogP) is 5.39. The molecule has 2 fully saturated rings. The van der Waals surface area contributed by atoms with Crippen molar-refractivity contribution < 1.29 is 33.3 Å². The lowest BCUT2D eigenvalue weighted by Crippen LogP contribution is -2.37. The van der Waals surface area contributed by atoms with E-state index in [1.165, 1.54) is 0 Å². The van der Waals surface area contributed by atoms with Crippen LogP contribution in [0.1, 0.15) is 66.2 Å². The lowest BCUT2D eigenvalue weighted by Gasteiger charge is -2.26. The van der Waals surface area contributed by atoms with Crippen molar-refractivity contribution in [1.82, 2.24) is 53.5 Å². The summed E-state index contributed by atoms with van der Waals surface area (Å²) >= 11 is 0. The number of fused-ring (bicyclic) bond motifs is 6. The van der Waals surface area contributed by atoms with Gasteiger partial charge >= 0.3 is 0 Å². The molecule has 2 aliphatic rings. The average molecular weight is 940 g/mol. The van der Waals surface area contributed by atoms with E-state index in [9.17, 15) is 9.59 Å². The van der Waals surface area contributed by atoms with Gasteiger partial charge in [0.05, 0.1) is 62.4 Å². The Morgan fingerprint density at radius 3 is 1.70 bits per heavy atom. The van der Waals surface area contributed by atoms with Gasteiger partial charge in [0.15, 0.2) is 17.4 Å². The zero-order valence-corrected chi connectivity index (χ0v) is 40.0. The van der Waals surface area contributed by atoms with Crippen LogP contribution < -0.4 is 20.9 Å². The van der Waals surface area contributed by atoms with E-state index >= 15 is 0 Å². The summed E-state index contributed by atoms with van der Waals surface area (Å²) in [6.07, 6.45) is 3.10. The third-order valence-electron chi connectivity index (χ3n) is 13.0. The molecule has 2 aromatic carbocycles. The number of methoxy groups -OCH3 is 1. The van der Waals surface area contributed by atoms with E-state index in [4.69, 9.17) is 55.1 Å². The molecule has 2 aliphatic heterocycles. The molecule has 360 valence electrons. The van der Waals surface area contributed by atoms with Crippen molar-refractivity contribution in [3.63, 3.8) is 0 Å². The Balaban J connectivity index is 1.12. The molecule has 2 unspecified atom stereocenters. The molecule has 0 bridgehead atoms. The first kappa shape index (κ1) is 45.8. The summed E-state index contributed by atoms with van der Waals surface area (Å²) in [5.41, 5.74) is 18.2. The number of nitrogens with zero attached hydrogens (tertiary/aromatic N) is 11. The zero-order valence-electron chi connectivity index (χ0n) is 40.0. The molecule has 0 radical (unpaired) electrons. The summed E-state index contributed by atoms with van der Waals surface area (Å²) in [7, 11) is 1.56. The highest BCUT2D eigenvalue weighted by atomic mass is 16.8. The summed E-state index contributed by atoms with van der Waals surface area (Å²) in [5.74, 6) is -0.326. The smallest absolute Gasteiger partial charge is 0.248 e. The van der Waals surface area contributed by atoms with Crippen molar-refractivity contribution in [2.75, 3.05) is 46.6 Å². The number of primary amides is 2. The van der Waals surface area contributed by atoms with Crippen LogP contribution in [0.3, 0.4) is 0 Å². The monoisotopic (exact) mass is 939 g/mol. The number of ether oxygens (including phenoxy) is 5. The lowest BCUT2D eigenvalue weighted by molar-refractivity contribution is -0.147. The van der Waals surface area contributed by atoms with Gasteiger partial charge in [-0.3, -0.25) is 23.9 Å². The molecule has 69 heavy (non-hydrogen) atoms. The fourth-order valence-corrected chi connectivity index (χ4v) is 9.89. The number of hydrogen-bond donors (Lipinski definition) is 2. The molecule has 0 spiro atoms. The van der Waals surface area contributed by atoms with Crippen molar-refractivity contribution in [2.45, 2.75) is 92.1 Å². The number of benzene rings is 2. The van der Waals surface area contributed by atoms with Gasteiger partial charge in [-0.1, -0.05) is 0 Å². The van der Waals surface area contributed by atoms with Crippen LogP contribution in [-0.4, -0.2) is 130 Å². The molecular weight excluding hydrogens is 883 g/mol. The van der Waals surface area contributed by atoms with Gasteiger partial charge in [0.2, 0.25) is 11.8 Å². The molecule has 8 heterocycles. The van der Waals surface area contributed by atoms with E-state index in [1.54, 1.807) is 43.8 Å². The molecule has 0 saturated carbocycles. The quantitative estimate of drug-likeness (QED) is 0.116. The molecule has 2 amide bonds. The first-order valence-electron chi connectivity index (χ1n) is 23.4. The Morgan fingerprint density at radius 2 is 1.22 bits per heavy atom. The second-order valence-corrected chi connectivity index (χ2v) is 18.1. The number of aryl methyl sites for hydroxylation is 4. The van der Waals surface area contributed by atoms with Crippen LogP contribution in [0.15, 0.2) is 48.8 Å². The number of amides is 2. The maximum absolute atomic E-state index is 13.0. The number of aromatic nitrogens is 10. The highest BCUT2D eigenvalue weighted by Crippen LogP contribution is 2.41. The highest BCUT2D eigenvalue weighted by Gasteiger charge is 2.43. The van der Waals surface area contributed by atoms with Gasteiger partial charge in [-0.15, -0.1) is 0 Å². The Morgan fingerprint density at radius 1 is 0.725 bits per heavy atom. The Kier molecular flexibility index (Phi) is 12.0. The summed E-state index contributed by atoms with van der Waals surface area (Å²) in [6.45, 7) is 17.8. The van der Waals surface area contributed by atoms with Crippen molar-refractivity contribution in [1.29, 1.82) is 0 Å². The van der Waals surface area contributed by atoms with Crippen LogP contribution in [0.2, 0.25) is 0 Å². The van der Waals surface area contributed by atoms with Crippen LogP contribution in [0.25, 0.3) is 66.9 Å². The van der Waals surface area contributed by atoms with Gasteiger partial charge in [0.25, 0.3) is 0 Å². The molecule has 4 N–H and O–H groups in total. The van der Waals surface area contributed by atoms with E-state index in [-0.39, 0.29) is 18.7 Å². The van der Waals surface area contributed by atoms with Crippen LogP contribution >= 0.6 is 0 Å². The highest BCUT2D eigenvalue weighted by molar-refractivity contribution is 6.13. The summed E-state index contributed by atoms with van der Waals surface area (Å²) in [6, 6.07) is 10.8. The molecule has 20 heteroatoms. The third-order valence-corrected chi connectivity index (χ3v) is 13.0. The number of carbonyl (C=O) groups is 2. The van der Waals surface area contributed by atoms with E-state index in [2.05, 4.69) is 19.7 Å². The van der Waals surface area contributed by atoms with Crippen molar-refractivity contribution in [3.8, 4) is 34.5 Å². The minimum absolute atomic E-state index is 0.242. The van der Waals surface area contributed by atoms with Crippen LogP contribution in [0.5, 0.6) is 11.5 Å². The zero-order chi connectivity index (χ0) is 48.3. The molecule has 10 rings (SSSR count).